The van der Waals surface area contributed by atoms with Crippen LogP contribution >= 0.6 is 0 Å². The van der Waals surface area contributed by atoms with E-state index < -0.39 is 67.2 Å². The monoisotopic (exact) mass is 390 g/mol. The molecule has 1 heterocycles. The Bertz CT molecular complexity index is 599. The normalized spacial score (nSPS) is 27.1. The largest absolute Gasteiger partial charge is 0.463 e. The van der Waals surface area contributed by atoms with Gasteiger partial charge in [-0.1, -0.05) is 0 Å². The molecule has 0 N–H and O–H groups in total. The molecule has 0 aromatic heterocycles. The van der Waals surface area contributed by atoms with Crippen molar-refractivity contribution >= 4 is 29.8 Å². The Balaban J connectivity index is 3.29. The second kappa shape index (κ2) is 9.86. The summed E-state index contributed by atoms with van der Waals surface area (Å²) in [7, 11) is 0. The highest BCUT2D eigenvalue weighted by Crippen LogP contribution is 2.29. The summed E-state index contributed by atoms with van der Waals surface area (Å²) in [5.41, 5.74) is 0. The van der Waals surface area contributed by atoms with E-state index in [0.29, 0.717) is 0 Å². The van der Waals surface area contributed by atoms with Gasteiger partial charge in [-0.25, -0.2) is 0 Å². The van der Waals surface area contributed by atoms with E-state index >= 15 is 0 Å². The molecule has 1 fully saturated rings. The van der Waals surface area contributed by atoms with Crippen molar-refractivity contribution in [1.29, 1.82) is 0 Å². The number of rotatable bonds is 6. The lowest BCUT2D eigenvalue weighted by atomic mass is 9.98. The molecule has 0 saturated carbocycles. The minimum atomic E-state index is -1.48. The van der Waals surface area contributed by atoms with Crippen molar-refractivity contribution in [1.82, 2.24) is 0 Å². The molecular formula is C16H22O11. The number of carbonyl (C=O) groups excluding carboxylic acids is 5. The van der Waals surface area contributed by atoms with Crippen LogP contribution < -0.4 is 0 Å². The zero-order valence-corrected chi connectivity index (χ0v) is 15.6. The summed E-state index contributed by atoms with van der Waals surface area (Å²) in [5.74, 6) is -3.71. The number of esters is 5. The first-order valence-corrected chi connectivity index (χ1v) is 7.99. The van der Waals surface area contributed by atoms with Gasteiger partial charge in [0.25, 0.3) is 0 Å². The summed E-state index contributed by atoms with van der Waals surface area (Å²) in [6, 6.07) is 0. The molecule has 5 atom stereocenters. The lowest BCUT2D eigenvalue weighted by Gasteiger charge is -2.43. The first-order chi connectivity index (χ1) is 12.5. The molecule has 152 valence electrons. The molecule has 0 aliphatic carbocycles. The highest BCUT2D eigenvalue weighted by molar-refractivity contribution is 5.69. The fourth-order valence-electron chi connectivity index (χ4n) is 2.45. The molecule has 0 radical (unpaired) electrons. The van der Waals surface area contributed by atoms with Crippen LogP contribution in [0.1, 0.15) is 34.6 Å². The summed E-state index contributed by atoms with van der Waals surface area (Å²) < 4.78 is 30.8. The molecule has 11 heteroatoms. The summed E-state index contributed by atoms with van der Waals surface area (Å²) in [6.45, 7) is 5.13. The molecule has 1 aliphatic heterocycles. The molecule has 1 aliphatic rings. The van der Waals surface area contributed by atoms with E-state index in [2.05, 4.69) is 0 Å². The quantitative estimate of drug-likeness (QED) is 0.433. The number of hydrogen-bond donors (Lipinski definition) is 0. The van der Waals surface area contributed by atoms with E-state index in [0.717, 1.165) is 34.6 Å². The summed E-state index contributed by atoms with van der Waals surface area (Å²) >= 11 is 0. The van der Waals surface area contributed by atoms with Crippen molar-refractivity contribution in [2.75, 3.05) is 6.61 Å². The molecule has 27 heavy (non-hydrogen) atoms. The zero-order chi connectivity index (χ0) is 20.7. The van der Waals surface area contributed by atoms with Crippen molar-refractivity contribution in [3.63, 3.8) is 0 Å². The Kier molecular flexibility index (Phi) is 8.16. The van der Waals surface area contributed by atoms with Crippen LogP contribution in [0, 0.1) is 0 Å². The van der Waals surface area contributed by atoms with Gasteiger partial charge in [0.05, 0.1) is 0 Å². The van der Waals surface area contributed by atoms with Gasteiger partial charge in [0.1, 0.15) is 12.7 Å². The fourth-order valence-corrected chi connectivity index (χ4v) is 2.45. The van der Waals surface area contributed by atoms with E-state index in [4.69, 9.17) is 28.4 Å². The van der Waals surface area contributed by atoms with E-state index in [1.165, 1.54) is 0 Å². The Hall–Kier alpha value is -2.69. The molecule has 1 saturated heterocycles. The fraction of sp³-hybridized carbons (Fsp3) is 0.688. The number of hydrogen-bond acceptors (Lipinski definition) is 11. The number of carbonyl (C=O) groups is 5. The summed E-state index contributed by atoms with van der Waals surface area (Å²) in [5, 5.41) is 0. The van der Waals surface area contributed by atoms with Crippen LogP contribution in [0.3, 0.4) is 0 Å². The molecular weight excluding hydrogens is 368 g/mol. The Labute approximate surface area is 155 Å². The van der Waals surface area contributed by atoms with Gasteiger partial charge in [0, 0.05) is 34.6 Å². The van der Waals surface area contributed by atoms with E-state index in [1.807, 2.05) is 0 Å². The smallest absolute Gasteiger partial charge is 0.305 e. The predicted molar refractivity (Wildman–Crippen MR) is 83.7 cm³/mol. The Morgan fingerprint density at radius 2 is 1.07 bits per heavy atom. The van der Waals surface area contributed by atoms with Crippen molar-refractivity contribution in [3.8, 4) is 0 Å². The second-order valence-electron chi connectivity index (χ2n) is 5.68. The molecule has 0 unspecified atom stereocenters. The molecule has 0 spiro atoms. The van der Waals surface area contributed by atoms with Gasteiger partial charge in [-0.3, -0.25) is 24.0 Å². The van der Waals surface area contributed by atoms with Crippen LogP contribution in [0.4, 0.5) is 0 Å². The van der Waals surface area contributed by atoms with Crippen LogP contribution in [0.5, 0.6) is 0 Å². The topological polar surface area (TPSA) is 141 Å². The van der Waals surface area contributed by atoms with E-state index in [1.54, 1.807) is 0 Å². The summed E-state index contributed by atoms with van der Waals surface area (Å²) in [4.78, 5) is 57.0. The van der Waals surface area contributed by atoms with Crippen LogP contribution in [-0.4, -0.2) is 67.2 Å². The third-order valence-electron chi connectivity index (χ3n) is 3.23. The summed E-state index contributed by atoms with van der Waals surface area (Å²) in [6.07, 6.45) is -6.70. The van der Waals surface area contributed by atoms with Crippen LogP contribution in [0.15, 0.2) is 0 Å². The van der Waals surface area contributed by atoms with Crippen LogP contribution in [0.2, 0.25) is 0 Å². The predicted octanol–water partition coefficient (Wildman–Crippen LogP) is -0.367. The molecule has 0 amide bonds. The van der Waals surface area contributed by atoms with E-state index in [-0.39, 0.29) is 0 Å². The SMILES string of the molecule is CC(=O)OC[C@@H]1O[C@@H](OC(C)=O)[C@H](OC(C)=O)[C@H](OC(C)=O)[C@@H]1OC(C)=O. The van der Waals surface area contributed by atoms with Crippen molar-refractivity contribution in [2.24, 2.45) is 0 Å². The third kappa shape index (κ3) is 7.21. The van der Waals surface area contributed by atoms with Gasteiger partial charge in [-0.15, -0.1) is 0 Å². The van der Waals surface area contributed by atoms with Gasteiger partial charge < -0.3 is 28.4 Å². The van der Waals surface area contributed by atoms with Gasteiger partial charge in [-0.05, 0) is 0 Å². The molecule has 0 aromatic rings. The molecule has 0 bridgehead atoms. The Morgan fingerprint density at radius 1 is 0.630 bits per heavy atom. The number of ether oxygens (including phenoxy) is 6. The maximum atomic E-state index is 11.5. The maximum Gasteiger partial charge on any atom is 0.305 e. The first kappa shape index (κ1) is 22.4. The van der Waals surface area contributed by atoms with Crippen LogP contribution in [0.25, 0.3) is 0 Å². The first-order valence-electron chi connectivity index (χ1n) is 7.99. The average Bonchev–Trinajstić information content (AvgIpc) is 2.49. The van der Waals surface area contributed by atoms with Crippen molar-refractivity contribution < 1.29 is 52.4 Å². The minimum Gasteiger partial charge on any atom is -0.463 e. The minimum absolute atomic E-state index is 0.393. The molecule has 11 nitrogen and oxygen atoms in total. The highest BCUT2D eigenvalue weighted by Gasteiger charge is 2.53. The van der Waals surface area contributed by atoms with Gasteiger partial charge in [-0.2, -0.15) is 0 Å². The Morgan fingerprint density at radius 3 is 1.52 bits per heavy atom. The van der Waals surface area contributed by atoms with Gasteiger partial charge in [0.15, 0.2) is 12.2 Å². The van der Waals surface area contributed by atoms with Crippen LogP contribution in [-0.2, 0) is 52.4 Å². The van der Waals surface area contributed by atoms with E-state index in [9.17, 15) is 24.0 Å². The average molecular weight is 390 g/mol. The van der Waals surface area contributed by atoms with Crippen molar-refractivity contribution in [2.45, 2.75) is 65.3 Å². The highest BCUT2D eigenvalue weighted by atomic mass is 16.7. The van der Waals surface area contributed by atoms with Gasteiger partial charge >= 0.3 is 29.8 Å². The second-order valence-corrected chi connectivity index (χ2v) is 5.68. The lowest BCUT2D eigenvalue weighted by Crippen LogP contribution is -2.63. The van der Waals surface area contributed by atoms with Gasteiger partial charge in [0.2, 0.25) is 12.4 Å². The molecule has 1 rings (SSSR count). The standard InChI is InChI=1S/C16H22O11/c1-7(17)22-6-12-13(23-8(2)18)14(24-9(3)19)15(25-10(4)20)16(27-12)26-11(5)21/h12-16H,6H2,1-5H3/t12-,13+,14+,15+,16+/m0/s1. The third-order valence-corrected chi connectivity index (χ3v) is 3.23. The van der Waals surface area contributed by atoms with Crippen molar-refractivity contribution in [3.05, 3.63) is 0 Å². The zero-order valence-electron chi connectivity index (χ0n) is 15.6. The maximum absolute atomic E-state index is 11.5. The molecule has 0 aromatic carbocycles. The lowest BCUT2D eigenvalue weighted by molar-refractivity contribution is -0.300.